The van der Waals surface area contributed by atoms with Crippen molar-refractivity contribution in [2.24, 2.45) is 0 Å². The summed E-state index contributed by atoms with van der Waals surface area (Å²) in [4.78, 5) is 20.2. The number of rotatable bonds is 2. The van der Waals surface area contributed by atoms with E-state index in [-0.39, 0.29) is 11.9 Å². The molecule has 2 aromatic heterocycles. The molecular weight excluding hydrogens is 234 g/mol. The Morgan fingerprint density at radius 3 is 3.24 bits per heavy atom. The number of aryl methyl sites for hydroxylation is 1. The lowest BCUT2D eigenvalue weighted by molar-refractivity contribution is 0.0931. The highest BCUT2D eigenvalue weighted by atomic mass is 32.1. The number of aromatic nitrogens is 2. The molecule has 5 heteroatoms. The van der Waals surface area contributed by atoms with Crippen LogP contribution in [0.5, 0.6) is 0 Å². The van der Waals surface area contributed by atoms with E-state index >= 15 is 0 Å². The monoisotopic (exact) mass is 245 g/mol. The lowest BCUT2D eigenvalue weighted by atomic mass is 10.2. The van der Waals surface area contributed by atoms with Crippen LogP contribution in [0.4, 0.5) is 0 Å². The van der Waals surface area contributed by atoms with Crippen LogP contribution in [-0.4, -0.2) is 15.9 Å². The van der Waals surface area contributed by atoms with Crippen LogP contribution in [0.1, 0.15) is 34.2 Å². The predicted octanol–water partition coefficient (Wildman–Crippen LogP) is 1.96. The number of amides is 1. The molecule has 4 nitrogen and oxygen atoms in total. The maximum atomic E-state index is 11.9. The third kappa shape index (κ3) is 1.93. The van der Waals surface area contributed by atoms with Crippen LogP contribution in [0.2, 0.25) is 0 Å². The molecule has 1 atom stereocenters. The highest BCUT2D eigenvalue weighted by molar-refractivity contribution is 7.07. The summed E-state index contributed by atoms with van der Waals surface area (Å²) in [5.41, 5.74) is 4.38. The number of hydrogen-bond acceptors (Lipinski definition) is 4. The molecule has 0 spiro atoms. The van der Waals surface area contributed by atoms with Crippen molar-refractivity contribution in [2.45, 2.75) is 18.9 Å². The number of hydrogen-bond donors (Lipinski definition) is 1. The van der Waals surface area contributed by atoms with E-state index in [9.17, 15) is 4.79 Å². The van der Waals surface area contributed by atoms with E-state index in [4.69, 9.17) is 0 Å². The fourth-order valence-corrected chi connectivity index (χ4v) is 2.64. The number of thiazole rings is 1. The van der Waals surface area contributed by atoms with Crippen molar-refractivity contribution >= 4 is 17.2 Å². The van der Waals surface area contributed by atoms with E-state index in [1.165, 1.54) is 16.9 Å². The van der Waals surface area contributed by atoms with E-state index in [1.807, 2.05) is 6.07 Å². The Labute approximate surface area is 103 Å². The van der Waals surface area contributed by atoms with Gasteiger partial charge in [-0.25, -0.2) is 4.98 Å². The van der Waals surface area contributed by atoms with Gasteiger partial charge in [-0.3, -0.25) is 9.78 Å². The van der Waals surface area contributed by atoms with Crippen LogP contribution in [0, 0.1) is 0 Å². The molecule has 1 aliphatic rings. The molecule has 0 saturated carbocycles. The Morgan fingerprint density at radius 2 is 2.41 bits per heavy atom. The number of pyridine rings is 1. The van der Waals surface area contributed by atoms with E-state index in [1.54, 1.807) is 17.1 Å². The minimum atomic E-state index is -0.116. The summed E-state index contributed by atoms with van der Waals surface area (Å²) in [6.45, 7) is 0. The van der Waals surface area contributed by atoms with Crippen LogP contribution in [-0.2, 0) is 6.42 Å². The van der Waals surface area contributed by atoms with Gasteiger partial charge in [0.05, 0.1) is 17.2 Å². The fourth-order valence-electron chi connectivity index (χ4n) is 2.11. The van der Waals surface area contributed by atoms with Crippen LogP contribution in [0.25, 0.3) is 0 Å². The Kier molecular flexibility index (Phi) is 2.60. The van der Waals surface area contributed by atoms with Crippen molar-refractivity contribution in [2.75, 3.05) is 0 Å². The third-order valence-electron chi connectivity index (χ3n) is 2.93. The SMILES string of the molecule is O=C(NC1CCc2cccnc21)c1cscn1. The van der Waals surface area contributed by atoms with Gasteiger partial charge in [0.15, 0.2) is 0 Å². The molecule has 17 heavy (non-hydrogen) atoms. The molecule has 2 aromatic rings. The van der Waals surface area contributed by atoms with Gasteiger partial charge in [-0.15, -0.1) is 11.3 Å². The highest BCUT2D eigenvalue weighted by Gasteiger charge is 2.25. The number of carbonyl (C=O) groups excluding carboxylic acids is 1. The molecule has 1 unspecified atom stereocenters. The molecule has 0 bridgehead atoms. The summed E-state index contributed by atoms with van der Waals surface area (Å²) in [5, 5.41) is 4.73. The second-order valence-corrected chi connectivity index (χ2v) is 4.70. The molecule has 1 amide bonds. The lowest BCUT2D eigenvalue weighted by Crippen LogP contribution is -2.27. The minimum absolute atomic E-state index is 0.0281. The Balaban J connectivity index is 1.78. The topological polar surface area (TPSA) is 54.9 Å². The Morgan fingerprint density at radius 1 is 1.47 bits per heavy atom. The molecule has 0 fully saturated rings. The Bertz CT molecular complexity index is 538. The van der Waals surface area contributed by atoms with Gasteiger partial charge in [0.1, 0.15) is 5.69 Å². The second kappa shape index (κ2) is 4.25. The summed E-state index contributed by atoms with van der Waals surface area (Å²) >= 11 is 1.42. The van der Waals surface area contributed by atoms with Crippen LogP contribution in [0.15, 0.2) is 29.2 Å². The van der Waals surface area contributed by atoms with Crippen LogP contribution in [0.3, 0.4) is 0 Å². The summed E-state index contributed by atoms with van der Waals surface area (Å²) in [5.74, 6) is -0.116. The first-order chi connectivity index (χ1) is 8.34. The highest BCUT2D eigenvalue weighted by Crippen LogP contribution is 2.28. The third-order valence-corrected chi connectivity index (χ3v) is 3.52. The summed E-state index contributed by atoms with van der Waals surface area (Å²) in [7, 11) is 0. The molecular formula is C12H11N3OS. The molecule has 0 radical (unpaired) electrons. The summed E-state index contributed by atoms with van der Waals surface area (Å²) < 4.78 is 0. The number of nitrogens with zero attached hydrogens (tertiary/aromatic N) is 2. The molecule has 2 heterocycles. The predicted molar refractivity (Wildman–Crippen MR) is 64.9 cm³/mol. The minimum Gasteiger partial charge on any atom is -0.342 e. The normalized spacial score (nSPS) is 17.8. The molecule has 3 rings (SSSR count). The van der Waals surface area contributed by atoms with Gasteiger partial charge in [-0.1, -0.05) is 6.07 Å². The van der Waals surface area contributed by atoms with E-state index in [0.29, 0.717) is 5.69 Å². The molecule has 0 aliphatic heterocycles. The Hall–Kier alpha value is -1.75. The first-order valence-corrected chi connectivity index (χ1v) is 6.42. The number of nitrogens with one attached hydrogen (secondary N) is 1. The van der Waals surface area contributed by atoms with Gasteiger partial charge in [0.2, 0.25) is 0 Å². The fraction of sp³-hybridized carbons (Fsp3) is 0.250. The van der Waals surface area contributed by atoms with Crippen molar-refractivity contribution < 1.29 is 4.79 Å². The quantitative estimate of drug-likeness (QED) is 0.880. The molecule has 0 saturated heterocycles. The average molecular weight is 245 g/mol. The van der Waals surface area contributed by atoms with Crippen LogP contribution >= 0.6 is 11.3 Å². The van der Waals surface area contributed by atoms with Crippen LogP contribution < -0.4 is 5.32 Å². The standard InChI is InChI=1S/C12H11N3OS/c16-12(10-6-17-7-14-10)15-9-4-3-8-2-1-5-13-11(8)9/h1-2,5-7,9H,3-4H2,(H,15,16). The smallest absolute Gasteiger partial charge is 0.271 e. The largest absolute Gasteiger partial charge is 0.342 e. The van der Waals surface area contributed by atoms with Crippen molar-refractivity contribution in [1.82, 2.24) is 15.3 Å². The van der Waals surface area contributed by atoms with Gasteiger partial charge in [0, 0.05) is 11.6 Å². The molecule has 1 N–H and O–H groups in total. The zero-order valence-corrected chi connectivity index (χ0v) is 9.91. The van der Waals surface area contributed by atoms with Gasteiger partial charge in [0.25, 0.3) is 5.91 Å². The molecule has 0 aromatic carbocycles. The molecule has 86 valence electrons. The lowest BCUT2D eigenvalue weighted by Gasteiger charge is -2.11. The van der Waals surface area contributed by atoms with Gasteiger partial charge < -0.3 is 5.32 Å². The maximum Gasteiger partial charge on any atom is 0.271 e. The van der Waals surface area contributed by atoms with Gasteiger partial charge in [-0.05, 0) is 24.5 Å². The first-order valence-electron chi connectivity index (χ1n) is 5.47. The number of carbonyl (C=O) groups is 1. The van der Waals surface area contributed by atoms with E-state index in [0.717, 1.165) is 18.5 Å². The summed E-state index contributed by atoms with van der Waals surface area (Å²) in [6, 6.07) is 4.03. The van der Waals surface area contributed by atoms with Crippen molar-refractivity contribution in [3.05, 3.63) is 46.2 Å². The van der Waals surface area contributed by atoms with Crippen molar-refractivity contribution in [3.8, 4) is 0 Å². The van der Waals surface area contributed by atoms with Gasteiger partial charge >= 0.3 is 0 Å². The van der Waals surface area contributed by atoms with E-state index in [2.05, 4.69) is 21.4 Å². The average Bonchev–Trinajstić information content (AvgIpc) is 2.98. The zero-order chi connectivity index (χ0) is 11.7. The maximum absolute atomic E-state index is 11.9. The number of fused-ring (bicyclic) bond motifs is 1. The second-order valence-electron chi connectivity index (χ2n) is 3.99. The zero-order valence-electron chi connectivity index (χ0n) is 9.09. The first kappa shape index (κ1) is 10.4. The van der Waals surface area contributed by atoms with Crippen molar-refractivity contribution in [1.29, 1.82) is 0 Å². The van der Waals surface area contributed by atoms with E-state index < -0.39 is 0 Å². The summed E-state index contributed by atoms with van der Waals surface area (Å²) in [6.07, 6.45) is 3.67. The van der Waals surface area contributed by atoms with Gasteiger partial charge in [-0.2, -0.15) is 0 Å². The molecule has 1 aliphatic carbocycles. The van der Waals surface area contributed by atoms with Crippen molar-refractivity contribution in [3.63, 3.8) is 0 Å².